The van der Waals surface area contributed by atoms with E-state index in [-0.39, 0.29) is 11.8 Å². The zero-order chi connectivity index (χ0) is 20.1. The standard InChI is InChI=1S/C23H25N3O2/c1-16(18-7-8-20-14-22(28-4)12-9-19(20)13-18)23(27)25-24-15-17-5-10-21(11-6-17)26(2)3/h5-16H,1-4H3,(H,25,27)/b24-15+. The molecule has 0 aliphatic heterocycles. The van der Waals surface area contributed by atoms with Crippen molar-refractivity contribution in [3.05, 3.63) is 71.8 Å². The molecule has 0 saturated carbocycles. The Morgan fingerprint density at radius 3 is 2.39 bits per heavy atom. The first-order valence-corrected chi connectivity index (χ1v) is 9.16. The van der Waals surface area contributed by atoms with Crippen LogP contribution in [0.4, 0.5) is 5.69 Å². The first-order chi connectivity index (χ1) is 13.5. The molecule has 3 rings (SSSR count). The first kappa shape index (κ1) is 19.4. The highest BCUT2D eigenvalue weighted by Gasteiger charge is 2.15. The first-order valence-electron chi connectivity index (χ1n) is 9.16. The average molecular weight is 375 g/mol. The lowest BCUT2D eigenvalue weighted by Crippen LogP contribution is -2.23. The fourth-order valence-corrected chi connectivity index (χ4v) is 2.92. The van der Waals surface area contributed by atoms with Crippen LogP contribution in [0, 0.1) is 0 Å². The number of amides is 1. The van der Waals surface area contributed by atoms with Gasteiger partial charge in [-0.3, -0.25) is 4.79 Å². The van der Waals surface area contributed by atoms with Gasteiger partial charge < -0.3 is 9.64 Å². The second kappa shape index (κ2) is 8.57. The lowest BCUT2D eigenvalue weighted by atomic mass is 9.97. The van der Waals surface area contributed by atoms with E-state index in [1.807, 2.05) is 86.6 Å². The van der Waals surface area contributed by atoms with Gasteiger partial charge in [0.1, 0.15) is 5.75 Å². The second-order valence-electron chi connectivity index (χ2n) is 6.91. The van der Waals surface area contributed by atoms with Crippen molar-refractivity contribution in [2.75, 3.05) is 26.1 Å². The minimum absolute atomic E-state index is 0.144. The number of anilines is 1. The molecular formula is C23H25N3O2. The molecule has 1 unspecified atom stereocenters. The summed E-state index contributed by atoms with van der Waals surface area (Å²) in [6, 6.07) is 19.9. The van der Waals surface area contributed by atoms with Gasteiger partial charge >= 0.3 is 0 Å². The van der Waals surface area contributed by atoms with E-state index < -0.39 is 0 Å². The van der Waals surface area contributed by atoms with Crippen molar-refractivity contribution in [1.29, 1.82) is 0 Å². The highest BCUT2D eigenvalue weighted by molar-refractivity contribution is 5.89. The van der Waals surface area contributed by atoms with Crippen molar-refractivity contribution >= 4 is 28.6 Å². The fraction of sp³-hybridized carbons (Fsp3) is 0.217. The second-order valence-corrected chi connectivity index (χ2v) is 6.91. The van der Waals surface area contributed by atoms with Crippen LogP contribution < -0.4 is 15.1 Å². The van der Waals surface area contributed by atoms with E-state index in [0.717, 1.165) is 33.3 Å². The molecule has 1 atom stereocenters. The van der Waals surface area contributed by atoms with Gasteiger partial charge in [-0.05, 0) is 53.1 Å². The number of rotatable bonds is 6. The van der Waals surface area contributed by atoms with Crippen LogP contribution in [-0.2, 0) is 4.79 Å². The van der Waals surface area contributed by atoms with E-state index >= 15 is 0 Å². The minimum atomic E-state index is -0.306. The monoisotopic (exact) mass is 375 g/mol. The van der Waals surface area contributed by atoms with Crippen LogP contribution in [-0.4, -0.2) is 33.3 Å². The summed E-state index contributed by atoms with van der Waals surface area (Å²) in [6.45, 7) is 1.88. The molecule has 144 valence electrons. The normalized spacial score (nSPS) is 12.1. The summed E-state index contributed by atoms with van der Waals surface area (Å²) in [5.41, 5.74) is 5.62. The number of benzene rings is 3. The number of fused-ring (bicyclic) bond motifs is 1. The summed E-state index contributed by atoms with van der Waals surface area (Å²) in [4.78, 5) is 14.5. The zero-order valence-electron chi connectivity index (χ0n) is 16.6. The van der Waals surface area contributed by atoms with Crippen molar-refractivity contribution in [3.8, 4) is 5.75 Å². The smallest absolute Gasteiger partial charge is 0.247 e. The summed E-state index contributed by atoms with van der Waals surface area (Å²) < 4.78 is 5.25. The van der Waals surface area contributed by atoms with Crippen LogP contribution in [0.1, 0.15) is 24.0 Å². The van der Waals surface area contributed by atoms with Crippen molar-refractivity contribution in [3.63, 3.8) is 0 Å². The number of carbonyl (C=O) groups excluding carboxylic acids is 1. The minimum Gasteiger partial charge on any atom is -0.497 e. The van der Waals surface area contributed by atoms with Crippen LogP contribution in [0.25, 0.3) is 10.8 Å². The highest BCUT2D eigenvalue weighted by Crippen LogP contribution is 2.25. The van der Waals surface area contributed by atoms with Gasteiger partial charge in [0.15, 0.2) is 0 Å². The van der Waals surface area contributed by atoms with Crippen molar-refractivity contribution in [2.45, 2.75) is 12.8 Å². The van der Waals surface area contributed by atoms with Gasteiger partial charge in [0.05, 0.1) is 19.2 Å². The maximum absolute atomic E-state index is 12.5. The number of methoxy groups -OCH3 is 1. The Morgan fingerprint density at radius 2 is 1.71 bits per heavy atom. The Hall–Kier alpha value is -3.34. The lowest BCUT2D eigenvalue weighted by Gasteiger charge is -2.12. The van der Waals surface area contributed by atoms with Crippen molar-refractivity contribution in [2.24, 2.45) is 5.10 Å². The zero-order valence-corrected chi connectivity index (χ0v) is 16.6. The largest absolute Gasteiger partial charge is 0.497 e. The molecule has 28 heavy (non-hydrogen) atoms. The summed E-state index contributed by atoms with van der Waals surface area (Å²) in [5.74, 6) is 0.368. The van der Waals surface area contributed by atoms with Gasteiger partial charge in [0, 0.05) is 19.8 Å². The summed E-state index contributed by atoms with van der Waals surface area (Å²) in [7, 11) is 5.64. The highest BCUT2D eigenvalue weighted by atomic mass is 16.5. The predicted molar refractivity (Wildman–Crippen MR) is 115 cm³/mol. The third-order valence-electron chi connectivity index (χ3n) is 4.76. The number of nitrogens with zero attached hydrogens (tertiary/aromatic N) is 2. The molecular weight excluding hydrogens is 350 g/mol. The molecule has 1 N–H and O–H groups in total. The fourth-order valence-electron chi connectivity index (χ4n) is 2.92. The Bertz CT molecular complexity index is 994. The van der Waals surface area contributed by atoms with E-state index in [1.165, 1.54) is 0 Å². The van der Waals surface area contributed by atoms with Gasteiger partial charge in [-0.15, -0.1) is 0 Å². The molecule has 5 heteroatoms. The lowest BCUT2D eigenvalue weighted by molar-refractivity contribution is -0.122. The number of nitrogens with one attached hydrogen (secondary N) is 1. The SMILES string of the molecule is COc1ccc2cc(C(C)C(=O)N/N=C/c3ccc(N(C)C)cc3)ccc2c1. The topological polar surface area (TPSA) is 53.9 Å². The molecule has 1 amide bonds. The van der Waals surface area contributed by atoms with Gasteiger partial charge in [0.25, 0.3) is 0 Å². The quantitative estimate of drug-likeness (QED) is 0.520. The molecule has 0 aliphatic carbocycles. The summed E-state index contributed by atoms with van der Waals surface area (Å²) in [5, 5.41) is 6.24. The molecule has 0 fully saturated rings. The Balaban J connectivity index is 1.66. The molecule has 0 aromatic heterocycles. The van der Waals surface area contributed by atoms with Gasteiger partial charge in [-0.2, -0.15) is 5.10 Å². The maximum atomic E-state index is 12.5. The molecule has 0 spiro atoms. The molecule has 0 bridgehead atoms. The molecule has 0 heterocycles. The Labute approximate surface area is 165 Å². The maximum Gasteiger partial charge on any atom is 0.247 e. The number of hydrogen-bond acceptors (Lipinski definition) is 4. The number of ether oxygens (including phenoxy) is 1. The van der Waals surface area contributed by atoms with E-state index in [9.17, 15) is 4.79 Å². The third kappa shape index (κ3) is 4.49. The van der Waals surface area contributed by atoms with Crippen LogP contribution >= 0.6 is 0 Å². The third-order valence-corrected chi connectivity index (χ3v) is 4.76. The molecule has 0 aliphatic rings. The predicted octanol–water partition coefficient (Wildman–Crippen LogP) is 4.17. The number of carbonyl (C=O) groups is 1. The number of hydrogen-bond donors (Lipinski definition) is 1. The van der Waals surface area contributed by atoms with Gasteiger partial charge in [-0.1, -0.05) is 36.4 Å². The van der Waals surface area contributed by atoms with E-state index in [0.29, 0.717) is 0 Å². The molecule has 3 aromatic carbocycles. The molecule has 0 saturated heterocycles. The summed E-state index contributed by atoms with van der Waals surface area (Å²) in [6.07, 6.45) is 1.65. The molecule has 5 nitrogen and oxygen atoms in total. The molecule has 0 radical (unpaired) electrons. The van der Waals surface area contributed by atoms with Crippen molar-refractivity contribution < 1.29 is 9.53 Å². The van der Waals surface area contributed by atoms with E-state index in [2.05, 4.69) is 10.5 Å². The van der Waals surface area contributed by atoms with E-state index in [1.54, 1.807) is 13.3 Å². The average Bonchev–Trinajstić information content (AvgIpc) is 2.72. The Kier molecular flexibility index (Phi) is 5.94. The Morgan fingerprint density at radius 1 is 1.04 bits per heavy atom. The van der Waals surface area contributed by atoms with Crippen LogP contribution in [0.5, 0.6) is 5.75 Å². The van der Waals surface area contributed by atoms with Gasteiger partial charge in [0.2, 0.25) is 5.91 Å². The van der Waals surface area contributed by atoms with Gasteiger partial charge in [-0.25, -0.2) is 5.43 Å². The van der Waals surface area contributed by atoms with E-state index in [4.69, 9.17) is 4.74 Å². The van der Waals surface area contributed by atoms with Crippen LogP contribution in [0.2, 0.25) is 0 Å². The van der Waals surface area contributed by atoms with Crippen LogP contribution in [0.3, 0.4) is 0 Å². The summed E-state index contributed by atoms with van der Waals surface area (Å²) >= 11 is 0. The van der Waals surface area contributed by atoms with Crippen LogP contribution in [0.15, 0.2) is 65.8 Å². The number of hydrazone groups is 1. The van der Waals surface area contributed by atoms with Crippen molar-refractivity contribution in [1.82, 2.24) is 5.43 Å². The molecule has 3 aromatic rings.